The molecule has 2 aromatic rings. The van der Waals surface area contributed by atoms with Crippen molar-refractivity contribution in [3.05, 3.63) is 48.0 Å². The Morgan fingerprint density at radius 3 is 2.71 bits per heavy atom. The van der Waals surface area contributed by atoms with E-state index in [1.165, 1.54) is 42.1 Å². The number of benzene rings is 2. The predicted molar refractivity (Wildman–Crippen MR) is 92.9 cm³/mol. The lowest BCUT2D eigenvalue weighted by Crippen LogP contribution is -3.00. The first kappa shape index (κ1) is 16.6. The normalized spacial score (nSPS) is 39.8. The lowest BCUT2D eigenvalue weighted by Gasteiger charge is -2.44. The molecule has 3 heteroatoms. The number of hydrogen-bond acceptors (Lipinski definition) is 1. The molecule has 2 nitrogen and oxygen atoms in total. The van der Waals surface area contributed by atoms with Crippen molar-refractivity contribution in [2.75, 3.05) is 13.1 Å². The molecule has 24 heavy (non-hydrogen) atoms. The lowest BCUT2D eigenvalue weighted by atomic mass is 9.83. The Bertz CT molecular complexity index is 777. The highest BCUT2D eigenvalue weighted by atomic mass is 79.9. The van der Waals surface area contributed by atoms with Crippen molar-refractivity contribution >= 4 is 10.8 Å². The first-order valence-electron chi connectivity index (χ1n) is 9.14. The van der Waals surface area contributed by atoms with Crippen LogP contribution in [-0.4, -0.2) is 34.3 Å². The zero-order valence-corrected chi connectivity index (χ0v) is 15.9. The summed E-state index contributed by atoms with van der Waals surface area (Å²) in [7, 11) is 0. The Labute approximate surface area is 154 Å². The molecule has 2 heterocycles. The Hall–Kier alpha value is -0.900. The Balaban J connectivity index is 0.00000146. The van der Waals surface area contributed by atoms with E-state index in [1.54, 1.807) is 0 Å². The van der Waals surface area contributed by atoms with Crippen LogP contribution in [0, 0.1) is 11.8 Å². The van der Waals surface area contributed by atoms with Gasteiger partial charge in [0.15, 0.2) is 0 Å². The summed E-state index contributed by atoms with van der Waals surface area (Å²) in [6.07, 6.45) is 3.83. The van der Waals surface area contributed by atoms with Gasteiger partial charge in [-0.25, -0.2) is 0 Å². The number of rotatable bonds is 2. The van der Waals surface area contributed by atoms with Gasteiger partial charge in [-0.2, -0.15) is 0 Å². The predicted octanol–water partition coefficient (Wildman–Crippen LogP) is 0.724. The van der Waals surface area contributed by atoms with Crippen molar-refractivity contribution in [2.45, 2.75) is 44.4 Å². The molecule has 0 amide bonds. The number of hydrogen-bond donors (Lipinski definition) is 1. The molecule has 2 saturated heterocycles. The number of aliphatic hydroxyl groups is 1. The highest BCUT2D eigenvalue weighted by molar-refractivity contribution is 5.82. The maximum absolute atomic E-state index is 10.7. The largest absolute Gasteiger partial charge is 1.00 e. The van der Waals surface area contributed by atoms with Gasteiger partial charge < -0.3 is 26.6 Å². The van der Waals surface area contributed by atoms with Crippen molar-refractivity contribution in [3.63, 3.8) is 0 Å². The summed E-state index contributed by atoms with van der Waals surface area (Å²) in [6, 6.07) is 15.6. The summed E-state index contributed by atoms with van der Waals surface area (Å²) in [5.41, 5.74) is 1.75. The lowest BCUT2D eigenvalue weighted by molar-refractivity contribution is -0.966. The Morgan fingerprint density at radius 2 is 1.88 bits per heavy atom. The fourth-order valence-electron chi connectivity index (χ4n) is 6.44. The minimum absolute atomic E-state index is 0. The monoisotopic (exact) mass is 387 g/mol. The quantitative estimate of drug-likeness (QED) is 0.752. The smallest absolute Gasteiger partial charge is 0.112 e. The van der Waals surface area contributed by atoms with Gasteiger partial charge in [0.05, 0.1) is 6.54 Å². The molecule has 5 atom stereocenters. The Morgan fingerprint density at radius 1 is 1.08 bits per heavy atom. The number of aliphatic hydroxyl groups excluding tert-OH is 1. The van der Waals surface area contributed by atoms with Gasteiger partial charge in [-0.1, -0.05) is 36.4 Å². The van der Waals surface area contributed by atoms with Crippen LogP contribution in [0.25, 0.3) is 10.8 Å². The molecular formula is C21H26BrNO. The SMILES string of the molecule is C[C@@]12[C@H]3CC[C@@H]1[C@@H](O)C[N@+]2(Cc1ccc2ccccc2c1)CC3.[Br-]. The number of fused-ring (bicyclic) bond motifs is 1. The summed E-state index contributed by atoms with van der Waals surface area (Å²) in [4.78, 5) is 0. The van der Waals surface area contributed by atoms with Gasteiger partial charge in [-0.3, -0.25) is 0 Å². The Kier molecular flexibility index (Phi) is 3.83. The van der Waals surface area contributed by atoms with Crippen LogP contribution in [0.15, 0.2) is 42.5 Å². The summed E-state index contributed by atoms with van der Waals surface area (Å²) in [5, 5.41) is 13.3. The van der Waals surface area contributed by atoms with Crippen molar-refractivity contribution in [2.24, 2.45) is 11.8 Å². The van der Waals surface area contributed by atoms with Crippen LogP contribution in [0.3, 0.4) is 0 Å². The summed E-state index contributed by atoms with van der Waals surface area (Å²) < 4.78 is 1.13. The van der Waals surface area contributed by atoms with E-state index in [1.807, 2.05) is 0 Å². The molecule has 0 bridgehead atoms. The molecule has 1 N–H and O–H groups in total. The molecule has 128 valence electrons. The van der Waals surface area contributed by atoms with Crippen molar-refractivity contribution in [1.82, 2.24) is 0 Å². The molecule has 3 fully saturated rings. The maximum Gasteiger partial charge on any atom is 0.112 e. The van der Waals surface area contributed by atoms with Crippen molar-refractivity contribution in [1.29, 1.82) is 0 Å². The molecule has 0 radical (unpaired) electrons. The van der Waals surface area contributed by atoms with E-state index in [0.717, 1.165) is 23.5 Å². The first-order valence-corrected chi connectivity index (χ1v) is 9.14. The second kappa shape index (κ2) is 5.55. The molecule has 1 saturated carbocycles. The topological polar surface area (TPSA) is 20.2 Å². The molecule has 2 aliphatic heterocycles. The molecule has 2 aromatic carbocycles. The standard InChI is InChI=1S/C21H26NO.BrH/c1-21-18-8-9-19(21)20(23)14-22(21,11-10-18)13-15-6-7-16-4-2-3-5-17(16)12-15;/h2-7,12,18-20,23H,8-11,13-14H2,1H3;1H/q+1;/p-1/t18-,19+,20-,21+,22+;/m0./s1. The van der Waals surface area contributed by atoms with Crippen molar-refractivity contribution in [3.8, 4) is 0 Å². The molecule has 5 rings (SSSR count). The van der Waals surface area contributed by atoms with E-state index >= 15 is 0 Å². The van der Waals surface area contributed by atoms with Gasteiger partial charge in [-0.05, 0) is 36.6 Å². The average molecular weight is 388 g/mol. The van der Waals surface area contributed by atoms with Crippen LogP contribution in [0.4, 0.5) is 0 Å². The molecule has 0 unspecified atom stereocenters. The van der Waals surface area contributed by atoms with Crippen LogP contribution < -0.4 is 17.0 Å². The van der Waals surface area contributed by atoms with Gasteiger partial charge in [0.25, 0.3) is 0 Å². The molecule has 3 aliphatic rings. The summed E-state index contributed by atoms with van der Waals surface area (Å²) in [6.45, 7) is 5.79. The minimum atomic E-state index is -0.0919. The van der Waals surface area contributed by atoms with E-state index in [0.29, 0.717) is 11.5 Å². The molecule has 0 aromatic heterocycles. The minimum Gasteiger partial charge on any atom is -1.00 e. The first-order chi connectivity index (χ1) is 11.1. The van der Waals surface area contributed by atoms with E-state index in [2.05, 4.69) is 49.4 Å². The van der Waals surface area contributed by atoms with Gasteiger partial charge >= 0.3 is 0 Å². The summed E-state index contributed by atoms with van der Waals surface area (Å²) >= 11 is 0. The van der Waals surface area contributed by atoms with Crippen LogP contribution in [0.2, 0.25) is 0 Å². The van der Waals surface area contributed by atoms with Crippen LogP contribution >= 0.6 is 0 Å². The molecular weight excluding hydrogens is 362 g/mol. The van der Waals surface area contributed by atoms with Crippen LogP contribution in [0.1, 0.15) is 31.7 Å². The van der Waals surface area contributed by atoms with Gasteiger partial charge in [-0.15, -0.1) is 0 Å². The number of halogens is 1. The van der Waals surface area contributed by atoms with Gasteiger partial charge in [0.2, 0.25) is 0 Å². The third kappa shape index (κ3) is 2.01. The van der Waals surface area contributed by atoms with Gasteiger partial charge in [0, 0.05) is 23.8 Å². The second-order valence-corrected chi connectivity index (χ2v) is 8.35. The van der Waals surface area contributed by atoms with Crippen molar-refractivity contribution < 1.29 is 26.6 Å². The fraction of sp³-hybridized carbons (Fsp3) is 0.524. The van der Waals surface area contributed by atoms with E-state index < -0.39 is 0 Å². The second-order valence-electron chi connectivity index (χ2n) is 8.35. The van der Waals surface area contributed by atoms with E-state index in [-0.39, 0.29) is 23.1 Å². The van der Waals surface area contributed by atoms with Crippen LogP contribution in [-0.2, 0) is 6.54 Å². The number of quaternary nitrogens is 1. The fourth-order valence-corrected chi connectivity index (χ4v) is 6.44. The van der Waals surface area contributed by atoms with Crippen LogP contribution in [0.5, 0.6) is 0 Å². The third-order valence-electron chi connectivity index (χ3n) is 7.63. The zero-order chi connectivity index (χ0) is 15.7. The van der Waals surface area contributed by atoms with E-state index in [9.17, 15) is 5.11 Å². The summed E-state index contributed by atoms with van der Waals surface area (Å²) in [5.74, 6) is 1.35. The maximum atomic E-state index is 10.7. The average Bonchev–Trinajstić information content (AvgIpc) is 3.10. The van der Waals surface area contributed by atoms with Gasteiger partial charge in [0.1, 0.15) is 24.7 Å². The van der Waals surface area contributed by atoms with E-state index in [4.69, 9.17) is 0 Å². The molecule has 0 spiro atoms. The third-order valence-corrected chi connectivity index (χ3v) is 7.63. The zero-order valence-electron chi connectivity index (χ0n) is 14.3. The number of nitrogens with zero attached hydrogens (tertiary/aromatic N) is 1. The highest BCUT2D eigenvalue weighted by Crippen LogP contribution is 2.60. The molecule has 1 aliphatic carbocycles. The highest BCUT2D eigenvalue weighted by Gasteiger charge is 2.70.